The molecular weight excluding hydrogens is 522 g/mol. The summed E-state index contributed by atoms with van der Waals surface area (Å²) in [6, 6.07) is 17.9. The van der Waals surface area contributed by atoms with Crippen LogP contribution in [0.5, 0.6) is 0 Å². The van der Waals surface area contributed by atoms with Crippen LogP contribution < -0.4 is 0 Å². The molecular formula is C28H33N3O5S2. The first kappa shape index (κ1) is 26.8. The van der Waals surface area contributed by atoms with E-state index in [0.717, 1.165) is 21.9 Å². The molecule has 0 radical (unpaired) electrons. The van der Waals surface area contributed by atoms with Crippen LogP contribution in [0.25, 0.3) is 10.8 Å². The predicted molar refractivity (Wildman–Crippen MR) is 147 cm³/mol. The van der Waals surface area contributed by atoms with E-state index in [9.17, 15) is 21.6 Å². The van der Waals surface area contributed by atoms with Crippen LogP contribution in [0, 0.1) is 19.8 Å². The van der Waals surface area contributed by atoms with Gasteiger partial charge < -0.3 is 4.90 Å². The number of fused-ring (bicyclic) bond motifs is 1. The van der Waals surface area contributed by atoms with Gasteiger partial charge in [-0.3, -0.25) is 4.79 Å². The Bertz CT molecular complexity index is 1570. The number of nitrogens with zero attached hydrogens (tertiary/aromatic N) is 3. The molecule has 0 aliphatic carbocycles. The molecule has 2 fully saturated rings. The lowest BCUT2D eigenvalue weighted by atomic mass is 9.96. The largest absolute Gasteiger partial charge is 0.340 e. The van der Waals surface area contributed by atoms with Crippen LogP contribution in [0.4, 0.5) is 0 Å². The quantitative estimate of drug-likeness (QED) is 0.481. The second-order valence-corrected chi connectivity index (χ2v) is 14.0. The van der Waals surface area contributed by atoms with E-state index in [-0.39, 0.29) is 34.7 Å². The molecule has 10 heteroatoms. The van der Waals surface area contributed by atoms with Gasteiger partial charge in [-0.1, -0.05) is 36.4 Å². The molecule has 2 saturated heterocycles. The van der Waals surface area contributed by atoms with E-state index in [0.29, 0.717) is 39.0 Å². The Hall–Kier alpha value is -2.79. The number of sulfonamides is 2. The highest BCUT2D eigenvalue weighted by molar-refractivity contribution is 7.89. The maximum Gasteiger partial charge on any atom is 0.243 e. The van der Waals surface area contributed by atoms with Crippen molar-refractivity contribution in [1.29, 1.82) is 0 Å². The second kappa shape index (κ2) is 10.4. The van der Waals surface area contributed by atoms with Gasteiger partial charge in [0.25, 0.3) is 0 Å². The van der Waals surface area contributed by atoms with Crippen molar-refractivity contribution in [2.45, 2.75) is 36.5 Å². The molecule has 1 amide bonds. The molecule has 0 bridgehead atoms. The van der Waals surface area contributed by atoms with Crippen LogP contribution in [0.15, 0.2) is 70.5 Å². The van der Waals surface area contributed by atoms with Crippen molar-refractivity contribution in [3.05, 3.63) is 71.8 Å². The van der Waals surface area contributed by atoms with Gasteiger partial charge in [-0.15, -0.1) is 0 Å². The number of hydrogen-bond donors (Lipinski definition) is 0. The number of benzene rings is 3. The van der Waals surface area contributed by atoms with E-state index < -0.39 is 20.0 Å². The molecule has 0 unspecified atom stereocenters. The molecule has 0 N–H and O–H groups in total. The summed E-state index contributed by atoms with van der Waals surface area (Å²) in [7, 11) is -7.27. The average molecular weight is 556 g/mol. The van der Waals surface area contributed by atoms with Gasteiger partial charge >= 0.3 is 0 Å². The zero-order valence-corrected chi connectivity index (χ0v) is 23.3. The Morgan fingerprint density at radius 2 is 1.21 bits per heavy atom. The third-order valence-electron chi connectivity index (χ3n) is 7.83. The molecule has 2 aliphatic rings. The maximum absolute atomic E-state index is 13.3. The van der Waals surface area contributed by atoms with Crippen LogP contribution in [-0.2, 0) is 24.8 Å². The summed E-state index contributed by atoms with van der Waals surface area (Å²) in [5, 5.41) is 1.85. The molecule has 8 nitrogen and oxygen atoms in total. The van der Waals surface area contributed by atoms with Crippen molar-refractivity contribution in [3.8, 4) is 0 Å². The maximum atomic E-state index is 13.3. The van der Waals surface area contributed by atoms with Gasteiger partial charge in [0.1, 0.15) is 0 Å². The van der Waals surface area contributed by atoms with Crippen LogP contribution >= 0.6 is 0 Å². The number of piperidine rings is 1. The fourth-order valence-corrected chi connectivity index (χ4v) is 8.26. The number of aryl methyl sites for hydroxylation is 2. The van der Waals surface area contributed by atoms with Gasteiger partial charge in [0.2, 0.25) is 26.0 Å². The van der Waals surface area contributed by atoms with Crippen molar-refractivity contribution >= 4 is 36.7 Å². The van der Waals surface area contributed by atoms with Crippen molar-refractivity contribution < 1.29 is 21.6 Å². The minimum absolute atomic E-state index is 0.0176. The highest BCUT2D eigenvalue weighted by Crippen LogP contribution is 2.28. The number of amides is 1. The fourth-order valence-electron chi connectivity index (χ4n) is 5.25. The molecule has 202 valence electrons. The standard InChI is InChI=1S/C28H33N3O5S2/c1-21-7-9-26(19-22(21)2)37(33,34)30-13-11-24(12-14-30)28(32)29-15-17-31(18-16-29)38(35,36)27-10-8-23-5-3-4-6-25(23)20-27/h3-10,19-20,24H,11-18H2,1-2H3. The normalized spacial score (nSPS) is 18.6. The van der Waals surface area contributed by atoms with Gasteiger partial charge in [0.05, 0.1) is 9.79 Å². The highest BCUT2D eigenvalue weighted by Gasteiger charge is 2.36. The molecule has 3 aromatic rings. The highest BCUT2D eigenvalue weighted by atomic mass is 32.2. The summed E-state index contributed by atoms with van der Waals surface area (Å²) in [6.45, 7) is 5.55. The molecule has 0 atom stereocenters. The first-order valence-electron chi connectivity index (χ1n) is 12.9. The third-order valence-corrected chi connectivity index (χ3v) is 11.6. The number of carbonyl (C=O) groups excluding carboxylic acids is 1. The number of carbonyl (C=O) groups is 1. The van der Waals surface area contributed by atoms with Crippen LogP contribution in [0.2, 0.25) is 0 Å². The Kier molecular flexibility index (Phi) is 7.34. The predicted octanol–water partition coefficient (Wildman–Crippen LogP) is 3.39. The van der Waals surface area contributed by atoms with E-state index in [4.69, 9.17) is 0 Å². The molecule has 5 rings (SSSR count). The lowest BCUT2D eigenvalue weighted by Gasteiger charge is -2.38. The van der Waals surface area contributed by atoms with Crippen molar-refractivity contribution in [2.24, 2.45) is 5.92 Å². The van der Waals surface area contributed by atoms with E-state index >= 15 is 0 Å². The first-order valence-corrected chi connectivity index (χ1v) is 15.8. The smallest absolute Gasteiger partial charge is 0.243 e. The third kappa shape index (κ3) is 5.10. The summed E-state index contributed by atoms with van der Waals surface area (Å²) in [5.41, 5.74) is 1.97. The van der Waals surface area contributed by atoms with E-state index in [2.05, 4.69) is 0 Å². The summed E-state index contributed by atoms with van der Waals surface area (Å²) in [6.07, 6.45) is 0.914. The molecule has 0 aromatic heterocycles. The lowest BCUT2D eigenvalue weighted by molar-refractivity contribution is -0.137. The topological polar surface area (TPSA) is 95.1 Å². The van der Waals surface area contributed by atoms with Crippen LogP contribution in [-0.4, -0.2) is 75.5 Å². The monoisotopic (exact) mass is 555 g/mol. The summed E-state index contributed by atoms with van der Waals surface area (Å²) < 4.78 is 55.7. The SMILES string of the molecule is Cc1ccc(S(=O)(=O)N2CCC(C(=O)N3CCN(S(=O)(=O)c4ccc5ccccc5c4)CC3)CC2)cc1C. The molecule has 3 aromatic carbocycles. The van der Waals surface area contributed by atoms with Crippen molar-refractivity contribution in [2.75, 3.05) is 39.3 Å². The Morgan fingerprint density at radius 3 is 1.84 bits per heavy atom. The average Bonchev–Trinajstić information content (AvgIpc) is 2.94. The van der Waals surface area contributed by atoms with E-state index in [1.165, 1.54) is 8.61 Å². The Labute approximate surface area is 225 Å². The number of hydrogen-bond acceptors (Lipinski definition) is 5. The zero-order chi connectivity index (χ0) is 27.1. The van der Waals surface area contributed by atoms with Crippen LogP contribution in [0.1, 0.15) is 24.0 Å². The number of piperazine rings is 1. The molecule has 38 heavy (non-hydrogen) atoms. The summed E-state index contributed by atoms with van der Waals surface area (Å²) in [4.78, 5) is 15.5. The van der Waals surface area contributed by atoms with E-state index in [1.54, 1.807) is 29.2 Å². The Balaban J connectivity index is 1.18. The van der Waals surface area contributed by atoms with Gasteiger partial charge in [-0.05, 0) is 72.9 Å². The summed E-state index contributed by atoms with van der Waals surface area (Å²) >= 11 is 0. The summed E-state index contributed by atoms with van der Waals surface area (Å²) in [5.74, 6) is -0.277. The first-order chi connectivity index (χ1) is 18.1. The number of rotatable bonds is 5. The minimum Gasteiger partial charge on any atom is -0.340 e. The molecule has 2 heterocycles. The lowest BCUT2D eigenvalue weighted by Crippen LogP contribution is -2.53. The van der Waals surface area contributed by atoms with E-state index in [1.807, 2.05) is 50.2 Å². The second-order valence-electron chi connectivity index (χ2n) is 10.2. The minimum atomic E-state index is -3.66. The zero-order valence-electron chi connectivity index (χ0n) is 21.7. The van der Waals surface area contributed by atoms with Gasteiger partial charge in [0, 0.05) is 45.2 Å². The fraction of sp³-hybridized carbons (Fsp3) is 0.393. The van der Waals surface area contributed by atoms with Gasteiger partial charge in [-0.2, -0.15) is 8.61 Å². The van der Waals surface area contributed by atoms with Crippen molar-refractivity contribution in [3.63, 3.8) is 0 Å². The molecule has 0 spiro atoms. The van der Waals surface area contributed by atoms with Gasteiger partial charge in [-0.25, -0.2) is 16.8 Å². The molecule has 2 aliphatic heterocycles. The van der Waals surface area contributed by atoms with Gasteiger partial charge in [0.15, 0.2) is 0 Å². The Morgan fingerprint density at radius 1 is 0.658 bits per heavy atom. The van der Waals surface area contributed by atoms with Crippen molar-refractivity contribution in [1.82, 2.24) is 13.5 Å². The molecule has 0 saturated carbocycles. The van der Waals surface area contributed by atoms with Crippen LogP contribution in [0.3, 0.4) is 0 Å².